The van der Waals surface area contributed by atoms with Crippen molar-refractivity contribution in [3.63, 3.8) is 0 Å². The van der Waals surface area contributed by atoms with E-state index >= 15 is 4.39 Å². The van der Waals surface area contributed by atoms with Gasteiger partial charge in [-0.2, -0.15) is 0 Å². The Labute approximate surface area is 249 Å². The number of nitrogens with one attached hydrogen (secondary N) is 3. The van der Waals surface area contributed by atoms with E-state index in [4.69, 9.17) is 18.7 Å². The second kappa shape index (κ2) is 14.0. The minimum atomic E-state index is -4.42. The molecule has 14 nitrogen and oxygen atoms in total. The maximum Gasteiger partial charge on any atom is 0.342 e. The monoisotopic (exact) mass is 634 g/mol. The number of esters is 2. The Morgan fingerprint density at radius 3 is 2.05 bits per heavy atom. The van der Waals surface area contributed by atoms with Gasteiger partial charge in [0.15, 0.2) is 12.4 Å². The fourth-order valence-electron chi connectivity index (χ4n) is 3.72. The van der Waals surface area contributed by atoms with Gasteiger partial charge in [-0.3, -0.25) is 28.5 Å². The predicted molar refractivity (Wildman–Crippen MR) is 155 cm³/mol. The van der Waals surface area contributed by atoms with Crippen LogP contribution in [0.5, 0.6) is 0 Å². The van der Waals surface area contributed by atoms with Crippen LogP contribution in [0.1, 0.15) is 61.6 Å². The number of aromatic amines is 1. The molecule has 16 heteroatoms. The van der Waals surface area contributed by atoms with Crippen LogP contribution in [0, 0.1) is 10.8 Å². The molecule has 2 heterocycles. The number of hydrogen-bond donors (Lipinski definition) is 4. The van der Waals surface area contributed by atoms with Gasteiger partial charge >= 0.3 is 25.3 Å². The zero-order valence-corrected chi connectivity index (χ0v) is 26.7. The van der Waals surface area contributed by atoms with Gasteiger partial charge in [0.1, 0.15) is 23.8 Å². The summed E-state index contributed by atoms with van der Waals surface area (Å²) in [5.74, 6) is -1.54. The highest BCUT2D eigenvalue weighted by Gasteiger charge is 2.56. The third-order valence-corrected chi connectivity index (χ3v) is 8.02. The van der Waals surface area contributed by atoms with E-state index in [1.807, 2.05) is 46.5 Å². The molecular weight excluding hydrogens is 590 g/mol. The quantitative estimate of drug-likeness (QED) is 0.141. The largest absolute Gasteiger partial charge is 0.464 e. The minimum absolute atomic E-state index is 0.0618. The number of aliphatic hydroxyl groups excluding tert-OH is 1. The maximum absolute atomic E-state index is 15.6. The molecule has 0 unspecified atom stereocenters. The molecular formula is C27H44FN4O10P. The second-order valence-corrected chi connectivity index (χ2v) is 14.8. The summed E-state index contributed by atoms with van der Waals surface area (Å²) in [6.45, 7) is 16.7. The summed E-state index contributed by atoms with van der Waals surface area (Å²) in [5, 5.41) is 15.6. The number of carbonyl (C=O) groups is 2. The number of H-pyrrole nitrogens is 1. The Morgan fingerprint density at radius 2 is 1.63 bits per heavy atom. The molecule has 244 valence electrons. The lowest BCUT2D eigenvalue weighted by Crippen LogP contribution is -2.46. The summed E-state index contributed by atoms with van der Waals surface area (Å²) in [5.41, 5.74) is -4.53. The van der Waals surface area contributed by atoms with Gasteiger partial charge in [-0.25, -0.2) is 19.4 Å². The van der Waals surface area contributed by atoms with E-state index in [0.717, 1.165) is 22.9 Å². The number of aromatic nitrogens is 2. The second-order valence-electron chi connectivity index (χ2n) is 12.9. The first-order valence-electron chi connectivity index (χ1n) is 13.7. The van der Waals surface area contributed by atoms with Crippen molar-refractivity contribution in [2.24, 2.45) is 10.8 Å². The normalized spacial score (nSPS) is 24.3. The molecule has 0 aromatic carbocycles. The van der Waals surface area contributed by atoms with E-state index in [0.29, 0.717) is 0 Å². The highest BCUT2D eigenvalue weighted by molar-refractivity contribution is 7.54. The molecule has 1 saturated heterocycles. The fraction of sp³-hybridized carbons (Fsp3) is 0.704. The smallest absolute Gasteiger partial charge is 0.342 e. The van der Waals surface area contributed by atoms with Crippen LogP contribution in [0.3, 0.4) is 0 Å². The Morgan fingerprint density at radius 1 is 1.14 bits per heavy atom. The zero-order valence-electron chi connectivity index (χ0n) is 25.8. The van der Waals surface area contributed by atoms with Crippen LogP contribution >= 0.6 is 7.67 Å². The van der Waals surface area contributed by atoms with E-state index in [1.54, 1.807) is 0 Å². The first kappa shape index (κ1) is 36.5. The molecule has 0 amide bonds. The summed E-state index contributed by atoms with van der Waals surface area (Å²) < 4.78 is 52.3. The highest BCUT2D eigenvalue weighted by atomic mass is 31.2. The average molecular weight is 635 g/mol. The molecule has 0 saturated carbocycles. The van der Waals surface area contributed by atoms with Crippen molar-refractivity contribution in [1.29, 1.82) is 0 Å². The minimum Gasteiger partial charge on any atom is -0.464 e. The van der Waals surface area contributed by atoms with Crippen molar-refractivity contribution >= 4 is 19.6 Å². The summed E-state index contributed by atoms with van der Waals surface area (Å²) >= 11 is 0. The number of carbonyl (C=O) groups excluding carboxylic acids is 2. The Bertz CT molecular complexity index is 1280. The van der Waals surface area contributed by atoms with E-state index < -0.39 is 73.7 Å². The van der Waals surface area contributed by atoms with Gasteiger partial charge in [-0.05, 0) is 24.7 Å². The molecule has 2 rings (SSSR count). The van der Waals surface area contributed by atoms with Gasteiger partial charge in [-0.15, -0.1) is 6.58 Å². The fourth-order valence-corrected chi connectivity index (χ4v) is 5.56. The number of rotatable bonds is 13. The Hall–Kier alpha value is -2.68. The summed E-state index contributed by atoms with van der Waals surface area (Å²) in [7, 11) is -4.42. The van der Waals surface area contributed by atoms with Gasteiger partial charge < -0.3 is 23.8 Å². The third-order valence-electron chi connectivity index (χ3n) is 6.07. The lowest BCUT2D eigenvalue weighted by atomic mass is 9.98. The molecule has 43 heavy (non-hydrogen) atoms. The third kappa shape index (κ3) is 10.2. The molecule has 1 aliphatic rings. The molecule has 0 spiro atoms. The van der Waals surface area contributed by atoms with E-state index in [2.05, 4.69) is 16.8 Å². The van der Waals surface area contributed by atoms with Gasteiger partial charge in [0.05, 0.1) is 19.8 Å². The van der Waals surface area contributed by atoms with Crippen LogP contribution in [0.25, 0.3) is 0 Å². The lowest BCUT2D eigenvalue weighted by molar-refractivity contribution is -0.148. The van der Waals surface area contributed by atoms with Crippen LogP contribution < -0.4 is 21.4 Å². The average Bonchev–Trinajstić information content (AvgIpc) is 3.13. The summed E-state index contributed by atoms with van der Waals surface area (Å²) in [4.78, 5) is 51.0. The number of halogens is 1. The van der Waals surface area contributed by atoms with Gasteiger partial charge in [0, 0.05) is 12.3 Å². The number of hydrogen-bond acceptors (Lipinski definition) is 10. The molecule has 6 atom stereocenters. The molecule has 1 aliphatic heterocycles. The van der Waals surface area contributed by atoms with Crippen molar-refractivity contribution in [3.05, 3.63) is 45.8 Å². The molecule has 1 fully saturated rings. The van der Waals surface area contributed by atoms with Gasteiger partial charge in [0.2, 0.25) is 0 Å². The summed E-state index contributed by atoms with van der Waals surface area (Å²) in [6, 6.07) is -1.46. The van der Waals surface area contributed by atoms with Crippen molar-refractivity contribution < 1.29 is 42.4 Å². The topological polar surface area (TPSA) is 187 Å². The summed E-state index contributed by atoms with van der Waals surface area (Å²) in [6.07, 6.45) is -3.79. The number of aliphatic hydroxyl groups is 1. The molecule has 1 aromatic rings. The van der Waals surface area contributed by atoms with Crippen molar-refractivity contribution in [2.45, 2.75) is 91.6 Å². The van der Waals surface area contributed by atoms with Crippen LogP contribution in [0.4, 0.5) is 4.39 Å². The number of nitrogens with zero attached hydrogens (tertiary/aromatic N) is 1. The van der Waals surface area contributed by atoms with Crippen LogP contribution in [0.15, 0.2) is 34.5 Å². The SMILES string of the molecule is C=C[C@]1(COP(=O)(N[C@@H](C)C(=O)OCC(C)(C)C)N[C@@H](C)C(=O)OCC(C)(C)C)O[C@@H](n2ccc(=O)[nH]c2=O)[C@H](O)[C@@H]1F. The molecule has 4 N–H and O–H groups in total. The highest BCUT2D eigenvalue weighted by Crippen LogP contribution is 2.45. The predicted octanol–water partition coefficient (Wildman–Crippen LogP) is 1.95. The molecule has 0 radical (unpaired) electrons. The lowest BCUT2D eigenvalue weighted by Gasteiger charge is -2.31. The van der Waals surface area contributed by atoms with Crippen LogP contribution in [0.2, 0.25) is 0 Å². The van der Waals surface area contributed by atoms with Gasteiger partial charge in [0.25, 0.3) is 5.56 Å². The molecule has 0 aliphatic carbocycles. The zero-order chi connectivity index (χ0) is 33.0. The molecule has 1 aromatic heterocycles. The van der Waals surface area contributed by atoms with Crippen molar-refractivity contribution in [2.75, 3.05) is 19.8 Å². The number of alkyl halides is 1. The maximum atomic E-state index is 15.6. The van der Waals surface area contributed by atoms with Crippen molar-refractivity contribution in [3.8, 4) is 0 Å². The Kier molecular flexibility index (Phi) is 11.9. The first-order chi connectivity index (χ1) is 19.6. The van der Waals surface area contributed by atoms with Crippen LogP contribution in [-0.2, 0) is 32.9 Å². The first-order valence-corrected chi connectivity index (χ1v) is 15.3. The van der Waals surface area contributed by atoms with E-state index in [9.17, 15) is 28.8 Å². The van der Waals surface area contributed by atoms with E-state index in [-0.39, 0.29) is 24.0 Å². The Balaban J connectivity index is 2.32. The standard InChI is InChI=1S/C27H44FN4O10P/c1-10-27(20(28)19(34)21(42-27)32-12-11-18(33)29-24(32)37)15-41-43(38,30-16(2)22(35)39-13-25(4,5)6)31-17(3)23(36)40-14-26(7,8)9/h10-12,16-17,19-21,34H,1,13-15H2,2-9H3,(H,29,33,37)(H2,30,31,38)/t16-,17-,19+,20-,21+,27+/m0/s1. The number of ether oxygens (including phenoxy) is 3. The van der Waals surface area contributed by atoms with Crippen molar-refractivity contribution in [1.82, 2.24) is 19.7 Å². The van der Waals surface area contributed by atoms with Gasteiger partial charge in [-0.1, -0.05) is 47.6 Å². The van der Waals surface area contributed by atoms with E-state index in [1.165, 1.54) is 13.8 Å². The molecule has 0 bridgehead atoms. The van der Waals surface area contributed by atoms with Crippen LogP contribution in [-0.4, -0.2) is 76.4 Å².